The van der Waals surface area contributed by atoms with Gasteiger partial charge in [-0.15, -0.1) is 11.3 Å². The number of rotatable bonds is 4. The average molecular weight is 225 g/mol. The van der Waals surface area contributed by atoms with Gasteiger partial charge in [0.1, 0.15) is 6.42 Å². The average Bonchev–Trinajstić information content (AvgIpc) is 2.95. The Labute approximate surface area is 91.3 Å². The van der Waals surface area contributed by atoms with Crippen molar-refractivity contribution in [3.8, 4) is 0 Å². The lowest BCUT2D eigenvalue weighted by atomic mass is 10.1. The minimum Gasteiger partial charge on any atom is -0.469 e. The minimum absolute atomic E-state index is 0.175. The molecule has 1 aliphatic carbocycles. The molecule has 1 aliphatic rings. The zero-order chi connectivity index (χ0) is 10.8. The maximum absolute atomic E-state index is 11.7. The summed E-state index contributed by atoms with van der Waals surface area (Å²) in [5, 5.41) is 0. The van der Waals surface area contributed by atoms with Crippen molar-refractivity contribution in [3.63, 3.8) is 0 Å². The van der Waals surface area contributed by atoms with Crippen LogP contribution in [0.4, 0.5) is 0 Å². The molecule has 0 saturated heterocycles. The Bertz CT molecular complexity index is 395. The highest BCUT2D eigenvalue weighted by Gasteiger charge is 2.31. The van der Waals surface area contributed by atoms with E-state index in [1.807, 2.05) is 0 Å². The normalized spacial score (nSPS) is 15.0. The second kappa shape index (κ2) is 4.10. The first-order valence-corrected chi connectivity index (χ1v) is 5.63. The first-order chi connectivity index (χ1) is 7.22. The number of ketones is 1. The lowest BCUT2D eigenvalue weighted by Gasteiger charge is -1.99. The van der Waals surface area contributed by atoms with Gasteiger partial charge in [-0.3, -0.25) is 9.59 Å². The van der Waals surface area contributed by atoms with Gasteiger partial charge in [0, 0.05) is 5.92 Å². The van der Waals surface area contributed by atoms with Crippen molar-refractivity contribution in [2.24, 2.45) is 0 Å². The molecule has 80 valence electrons. The van der Waals surface area contributed by atoms with Crippen LogP contribution in [0, 0.1) is 0 Å². The Kier molecular flexibility index (Phi) is 2.81. The van der Waals surface area contributed by atoms with E-state index in [2.05, 4.69) is 9.72 Å². The molecule has 0 spiro atoms. The van der Waals surface area contributed by atoms with Crippen LogP contribution in [0.3, 0.4) is 0 Å². The number of aromatic nitrogens is 1. The molecule has 0 unspecified atom stereocenters. The van der Waals surface area contributed by atoms with E-state index in [0.717, 1.165) is 18.5 Å². The SMILES string of the molecule is COC(=O)CC(=O)c1scnc1C1CC1. The number of methoxy groups -OCH3 is 1. The molecule has 5 heteroatoms. The Morgan fingerprint density at radius 2 is 2.33 bits per heavy atom. The molecule has 1 heterocycles. The highest BCUT2D eigenvalue weighted by atomic mass is 32.1. The lowest BCUT2D eigenvalue weighted by molar-refractivity contribution is -0.139. The van der Waals surface area contributed by atoms with E-state index in [0.29, 0.717) is 10.8 Å². The summed E-state index contributed by atoms with van der Waals surface area (Å²) in [5.41, 5.74) is 2.53. The molecule has 1 fully saturated rings. The molecule has 1 saturated carbocycles. The summed E-state index contributed by atoms with van der Waals surface area (Å²) in [6.45, 7) is 0. The van der Waals surface area contributed by atoms with E-state index >= 15 is 0 Å². The van der Waals surface area contributed by atoms with Crippen molar-refractivity contribution in [2.45, 2.75) is 25.2 Å². The molecule has 0 aliphatic heterocycles. The summed E-state index contributed by atoms with van der Waals surface area (Å²) in [5.74, 6) is -0.228. The van der Waals surface area contributed by atoms with Crippen molar-refractivity contribution in [1.29, 1.82) is 0 Å². The molecule has 1 aromatic heterocycles. The summed E-state index contributed by atoms with van der Waals surface area (Å²) in [4.78, 5) is 27.5. The highest BCUT2D eigenvalue weighted by Crippen LogP contribution is 2.42. The molecule has 1 aromatic rings. The van der Waals surface area contributed by atoms with E-state index in [9.17, 15) is 9.59 Å². The Hall–Kier alpha value is -1.23. The van der Waals surface area contributed by atoms with Gasteiger partial charge in [0.2, 0.25) is 0 Å². The molecule has 0 atom stereocenters. The van der Waals surface area contributed by atoms with Crippen molar-refractivity contribution in [1.82, 2.24) is 4.98 Å². The number of carbonyl (C=O) groups is 2. The van der Waals surface area contributed by atoms with Crippen molar-refractivity contribution in [3.05, 3.63) is 16.1 Å². The van der Waals surface area contributed by atoms with Crippen LogP contribution in [0.5, 0.6) is 0 Å². The van der Waals surface area contributed by atoms with Crippen LogP contribution < -0.4 is 0 Å². The van der Waals surface area contributed by atoms with Crippen LogP contribution in [0.1, 0.15) is 40.5 Å². The van der Waals surface area contributed by atoms with E-state index in [1.165, 1.54) is 18.4 Å². The van der Waals surface area contributed by atoms with Gasteiger partial charge >= 0.3 is 5.97 Å². The van der Waals surface area contributed by atoms with Gasteiger partial charge in [-0.25, -0.2) is 4.98 Å². The summed E-state index contributed by atoms with van der Waals surface area (Å²) < 4.78 is 4.46. The molecule has 0 amide bonds. The Morgan fingerprint density at radius 1 is 1.60 bits per heavy atom. The summed E-state index contributed by atoms with van der Waals surface area (Å²) in [6, 6.07) is 0. The van der Waals surface area contributed by atoms with Gasteiger partial charge in [0.05, 0.1) is 23.2 Å². The number of esters is 1. The molecule has 4 nitrogen and oxygen atoms in total. The molecule has 0 bridgehead atoms. The second-order valence-electron chi connectivity index (χ2n) is 3.52. The van der Waals surface area contributed by atoms with Crippen LogP contribution in [-0.4, -0.2) is 23.8 Å². The largest absolute Gasteiger partial charge is 0.469 e. The maximum atomic E-state index is 11.7. The maximum Gasteiger partial charge on any atom is 0.313 e. The topological polar surface area (TPSA) is 56.3 Å². The molecule has 0 aromatic carbocycles. The molecular weight excluding hydrogens is 214 g/mol. The Balaban J connectivity index is 2.10. The van der Waals surface area contributed by atoms with Gasteiger partial charge in [0.15, 0.2) is 5.78 Å². The van der Waals surface area contributed by atoms with Crippen LogP contribution in [-0.2, 0) is 9.53 Å². The number of Topliss-reactive ketones (excluding diaryl/α,β-unsaturated/α-hetero) is 1. The monoisotopic (exact) mass is 225 g/mol. The summed E-state index contributed by atoms with van der Waals surface area (Å²) in [6.07, 6.45) is 2.02. The fourth-order valence-corrected chi connectivity index (χ4v) is 2.21. The zero-order valence-corrected chi connectivity index (χ0v) is 9.17. The smallest absolute Gasteiger partial charge is 0.313 e. The number of hydrogen-bond acceptors (Lipinski definition) is 5. The highest BCUT2D eigenvalue weighted by molar-refractivity contribution is 7.12. The van der Waals surface area contributed by atoms with E-state index in [-0.39, 0.29) is 12.2 Å². The number of nitrogens with zero attached hydrogens (tertiary/aromatic N) is 1. The molecule has 0 N–H and O–H groups in total. The van der Waals surface area contributed by atoms with E-state index in [1.54, 1.807) is 5.51 Å². The van der Waals surface area contributed by atoms with Gasteiger partial charge in [-0.05, 0) is 12.8 Å². The molecule has 0 radical (unpaired) electrons. The predicted molar refractivity (Wildman–Crippen MR) is 55.1 cm³/mol. The summed E-state index contributed by atoms with van der Waals surface area (Å²) in [7, 11) is 1.28. The van der Waals surface area contributed by atoms with Gasteiger partial charge in [0.25, 0.3) is 0 Å². The lowest BCUT2D eigenvalue weighted by Crippen LogP contribution is -2.09. The first kappa shape index (κ1) is 10.3. The first-order valence-electron chi connectivity index (χ1n) is 4.75. The summed E-state index contributed by atoms with van der Waals surface area (Å²) >= 11 is 1.31. The molecule has 15 heavy (non-hydrogen) atoms. The number of hydrogen-bond donors (Lipinski definition) is 0. The Morgan fingerprint density at radius 3 is 2.93 bits per heavy atom. The molecule has 2 rings (SSSR count). The van der Waals surface area contributed by atoms with Gasteiger partial charge in [-0.2, -0.15) is 0 Å². The fraction of sp³-hybridized carbons (Fsp3) is 0.500. The van der Waals surface area contributed by atoms with Gasteiger partial charge in [-0.1, -0.05) is 0 Å². The minimum atomic E-state index is -0.491. The van der Waals surface area contributed by atoms with Crippen molar-refractivity contribution >= 4 is 23.1 Å². The van der Waals surface area contributed by atoms with Crippen molar-refractivity contribution < 1.29 is 14.3 Å². The number of ether oxygens (including phenoxy) is 1. The molecular formula is C10H11NO3S. The van der Waals surface area contributed by atoms with Crippen LogP contribution >= 0.6 is 11.3 Å². The van der Waals surface area contributed by atoms with E-state index < -0.39 is 5.97 Å². The second-order valence-corrected chi connectivity index (χ2v) is 4.37. The van der Waals surface area contributed by atoms with Gasteiger partial charge < -0.3 is 4.74 Å². The number of carbonyl (C=O) groups excluding carboxylic acids is 2. The van der Waals surface area contributed by atoms with Crippen molar-refractivity contribution in [2.75, 3.05) is 7.11 Å². The van der Waals surface area contributed by atoms with Crippen LogP contribution in [0.2, 0.25) is 0 Å². The quantitative estimate of drug-likeness (QED) is 0.445. The van der Waals surface area contributed by atoms with E-state index in [4.69, 9.17) is 0 Å². The number of thiazole rings is 1. The van der Waals surface area contributed by atoms with Crippen LogP contribution in [0.15, 0.2) is 5.51 Å². The zero-order valence-electron chi connectivity index (χ0n) is 8.36. The third-order valence-corrected chi connectivity index (χ3v) is 3.23. The third-order valence-electron chi connectivity index (χ3n) is 2.34. The fourth-order valence-electron chi connectivity index (χ4n) is 1.39. The standard InChI is InChI=1S/C10H11NO3S/c1-14-8(13)4-7(12)10-9(6-2-3-6)11-5-15-10/h5-6H,2-4H2,1H3. The predicted octanol–water partition coefficient (Wildman–Crippen LogP) is 1.77. The third kappa shape index (κ3) is 2.23. The van der Waals surface area contributed by atoms with Crippen LogP contribution in [0.25, 0.3) is 0 Å².